The van der Waals surface area contributed by atoms with Gasteiger partial charge in [0.2, 0.25) is 0 Å². The number of hydrogen-bond donors (Lipinski definition) is 0. The van der Waals surface area contributed by atoms with E-state index in [9.17, 15) is 0 Å². The van der Waals surface area contributed by atoms with Crippen LogP contribution in [0.25, 0.3) is 88.7 Å². The molecular weight excluding hydrogens is 741 g/mol. The molecule has 0 saturated carbocycles. The minimum atomic E-state index is 0.688. The average Bonchev–Trinajstić information content (AvgIpc) is 3.35. The first-order chi connectivity index (χ1) is 30.2. The maximum Gasteiger partial charge on any atom is 0.160 e. The zero-order valence-electron chi connectivity index (χ0n) is 33.2. The summed E-state index contributed by atoms with van der Waals surface area (Å²) in [5.74, 6) is 0.688. The number of para-hydroxylation sites is 3. The molecule has 0 fully saturated rings. The van der Waals surface area contributed by atoms with Crippen molar-refractivity contribution in [3.8, 4) is 56.3 Å². The Bertz CT molecular complexity index is 3280. The van der Waals surface area contributed by atoms with Crippen LogP contribution in [0, 0.1) is 0 Å². The third kappa shape index (κ3) is 6.76. The van der Waals surface area contributed by atoms with Crippen LogP contribution >= 0.6 is 0 Å². The molecule has 0 atom stereocenters. The molecule has 0 amide bonds. The van der Waals surface area contributed by atoms with E-state index < -0.39 is 0 Å². The van der Waals surface area contributed by atoms with E-state index in [0.29, 0.717) is 5.82 Å². The molecule has 2 aromatic heterocycles. The molecule has 0 aliphatic rings. The predicted octanol–water partition coefficient (Wildman–Crippen LogP) is 15.1. The van der Waals surface area contributed by atoms with Crippen LogP contribution in [0.5, 0.6) is 0 Å². The highest BCUT2D eigenvalue weighted by atomic mass is 15.1. The van der Waals surface area contributed by atoms with Crippen LogP contribution in [0.4, 0.5) is 17.1 Å². The third-order valence-corrected chi connectivity index (χ3v) is 11.4. The van der Waals surface area contributed by atoms with Crippen LogP contribution in [0.15, 0.2) is 231 Å². The Labute approximate surface area is 354 Å². The minimum Gasteiger partial charge on any atom is -0.308 e. The highest BCUT2D eigenvalue weighted by Gasteiger charge is 2.21. The van der Waals surface area contributed by atoms with E-state index in [2.05, 4.69) is 223 Å². The fourth-order valence-electron chi connectivity index (χ4n) is 8.50. The van der Waals surface area contributed by atoms with Gasteiger partial charge in [0.05, 0.1) is 28.3 Å². The molecule has 0 N–H and O–H groups in total. The number of aromatic nitrogens is 3. The van der Waals surface area contributed by atoms with Gasteiger partial charge in [-0.15, -0.1) is 0 Å². The molecule has 2 heterocycles. The van der Waals surface area contributed by atoms with Crippen LogP contribution in [-0.2, 0) is 0 Å². The average molecular weight is 779 g/mol. The van der Waals surface area contributed by atoms with Gasteiger partial charge in [-0.2, -0.15) is 0 Å². The summed E-state index contributed by atoms with van der Waals surface area (Å²) in [6.45, 7) is 0. The number of anilines is 3. The molecule has 0 saturated heterocycles. The Morgan fingerprint density at radius 2 is 0.820 bits per heavy atom. The normalized spacial score (nSPS) is 11.3. The number of pyridine rings is 1. The number of rotatable bonds is 8. The molecule has 11 aromatic rings. The first kappa shape index (κ1) is 35.9. The van der Waals surface area contributed by atoms with E-state index in [1.165, 1.54) is 10.9 Å². The van der Waals surface area contributed by atoms with Crippen molar-refractivity contribution in [1.82, 2.24) is 15.0 Å². The molecule has 4 heteroatoms. The monoisotopic (exact) mass is 778 g/mol. The first-order valence-electron chi connectivity index (χ1n) is 20.6. The largest absolute Gasteiger partial charge is 0.308 e. The Morgan fingerprint density at radius 1 is 0.311 bits per heavy atom. The lowest BCUT2D eigenvalue weighted by Gasteiger charge is -2.27. The summed E-state index contributed by atoms with van der Waals surface area (Å²) in [6.07, 6.45) is 0. The quantitative estimate of drug-likeness (QED) is 0.144. The van der Waals surface area contributed by atoms with Gasteiger partial charge in [0.25, 0.3) is 0 Å². The fraction of sp³-hybridized carbons (Fsp3) is 0. The summed E-state index contributed by atoms with van der Waals surface area (Å²) in [4.78, 5) is 18.2. The molecule has 0 aliphatic heterocycles. The van der Waals surface area contributed by atoms with E-state index in [4.69, 9.17) is 15.0 Å². The minimum absolute atomic E-state index is 0.688. The van der Waals surface area contributed by atoms with Crippen molar-refractivity contribution in [2.45, 2.75) is 0 Å². The molecule has 286 valence electrons. The van der Waals surface area contributed by atoms with Gasteiger partial charge in [-0.3, -0.25) is 0 Å². The SMILES string of the molecule is c1ccc(-c2ccc(-c3nc(-c4ccccc4)cc(-c4ccc5c(ccc6c(-c7ccccc7)nc7c(N(c8ccccc8)c8ccccc8)cccc7c65)c4)n3)cc2)cc1. The molecule has 9 aromatic carbocycles. The van der Waals surface area contributed by atoms with E-state index in [1.807, 2.05) is 12.1 Å². The highest BCUT2D eigenvalue weighted by Crippen LogP contribution is 2.44. The number of benzene rings is 9. The van der Waals surface area contributed by atoms with Crippen LogP contribution in [-0.4, -0.2) is 15.0 Å². The van der Waals surface area contributed by atoms with Crippen LogP contribution in [0.1, 0.15) is 0 Å². The molecule has 0 radical (unpaired) electrons. The Hall–Kier alpha value is -8.21. The Morgan fingerprint density at radius 3 is 1.46 bits per heavy atom. The second-order valence-corrected chi connectivity index (χ2v) is 15.2. The van der Waals surface area contributed by atoms with E-state index >= 15 is 0 Å². The summed E-state index contributed by atoms with van der Waals surface area (Å²) in [7, 11) is 0. The fourth-order valence-corrected chi connectivity index (χ4v) is 8.50. The van der Waals surface area contributed by atoms with Gasteiger partial charge in [0, 0.05) is 49.8 Å². The van der Waals surface area contributed by atoms with Gasteiger partial charge in [-0.05, 0) is 64.4 Å². The standard InChI is InChI=1S/C57H38N4/c1-6-17-39(18-7-1)40-29-31-43(32-30-40)57-58-51(41-19-8-2-9-20-41)38-52(59-57)45-34-35-48-44(37-45)33-36-50-54(48)49-27-16-28-53(56(49)60-55(50)42-21-10-3-11-22-42)61(46-23-12-4-13-24-46)47-25-14-5-15-26-47/h1-38H. The Balaban J connectivity index is 1.11. The topological polar surface area (TPSA) is 41.9 Å². The van der Waals surface area contributed by atoms with Crippen molar-refractivity contribution in [1.29, 1.82) is 0 Å². The smallest absolute Gasteiger partial charge is 0.160 e. The molecule has 0 bridgehead atoms. The van der Waals surface area contributed by atoms with Gasteiger partial charge in [-0.1, -0.05) is 188 Å². The van der Waals surface area contributed by atoms with Crippen molar-refractivity contribution in [3.63, 3.8) is 0 Å². The van der Waals surface area contributed by atoms with Crippen molar-refractivity contribution >= 4 is 49.5 Å². The lowest BCUT2D eigenvalue weighted by molar-refractivity contribution is 1.18. The maximum absolute atomic E-state index is 5.56. The van der Waals surface area contributed by atoms with Crippen LogP contribution < -0.4 is 4.90 Å². The molecule has 0 unspecified atom stereocenters. The third-order valence-electron chi connectivity index (χ3n) is 11.4. The lowest BCUT2D eigenvalue weighted by Crippen LogP contribution is -2.11. The van der Waals surface area contributed by atoms with Crippen molar-refractivity contribution < 1.29 is 0 Å². The summed E-state index contributed by atoms with van der Waals surface area (Å²) in [5, 5.41) is 5.65. The molecule has 11 rings (SSSR count). The molecular formula is C57H38N4. The summed E-state index contributed by atoms with van der Waals surface area (Å²) in [5.41, 5.74) is 13.2. The van der Waals surface area contributed by atoms with E-state index in [1.54, 1.807) is 0 Å². The second kappa shape index (κ2) is 15.5. The summed E-state index contributed by atoms with van der Waals surface area (Å²) < 4.78 is 0. The predicted molar refractivity (Wildman–Crippen MR) is 254 cm³/mol. The van der Waals surface area contributed by atoms with Crippen LogP contribution in [0.2, 0.25) is 0 Å². The molecule has 4 nitrogen and oxygen atoms in total. The van der Waals surface area contributed by atoms with Gasteiger partial charge in [-0.25, -0.2) is 15.0 Å². The van der Waals surface area contributed by atoms with Crippen molar-refractivity contribution in [2.24, 2.45) is 0 Å². The molecule has 0 spiro atoms. The molecule has 61 heavy (non-hydrogen) atoms. The lowest BCUT2D eigenvalue weighted by atomic mass is 9.93. The van der Waals surface area contributed by atoms with E-state index in [-0.39, 0.29) is 0 Å². The van der Waals surface area contributed by atoms with Crippen LogP contribution in [0.3, 0.4) is 0 Å². The van der Waals surface area contributed by atoms with Gasteiger partial charge in [0.15, 0.2) is 5.82 Å². The summed E-state index contributed by atoms with van der Waals surface area (Å²) in [6, 6.07) is 80.9. The zero-order chi connectivity index (χ0) is 40.5. The number of nitrogens with zero attached hydrogens (tertiary/aromatic N) is 4. The van der Waals surface area contributed by atoms with Gasteiger partial charge in [0.1, 0.15) is 0 Å². The van der Waals surface area contributed by atoms with Crippen molar-refractivity contribution in [3.05, 3.63) is 231 Å². The van der Waals surface area contributed by atoms with Gasteiger partial charge < -0.3 is 4.90 Å². The van der Waals surface area contributed by atoms with Crippen molar-refractivity contribution in [2.75, 3.05) is 4.90 Å². The van der Waals surface area contributed by atoms with Gasteiger partial charge >= 0.3 is 0 Å². The summed E-state index contributed by atoms with van der Waals surface area (Å²) >= 11 is 0. The molecule has 0 aliphatic carbocycles. The maximum atomic E-state index is 5.56. The zero-order valence-corrected chi connectivity index (χ0v) is 33.2. The first-order valence-corrected chi connectivity index (χ1v) is 20.6. The van der Waals surface area contributed by atoms with E-state index in [0.717, 1.165) is 89.0 Å². The number of hydrogen-bond acceptors (Lipinski definition) is 4. The number of fused-ring (bicyclic) bond motifs is 5. The highest BCUT2D eigenvalue weighted by molar-refractivity contribution is 6.24. The Kier molecular flexibility index (Phi) is 9.14. The second-order valence-electron chi connectivity index (χ2n) is 15.2.